The minimum atomic E-state index is -0.356. The topological polar surface area (TPSA) is 32.3 Å². The molecule has 1 spiro atoms. The molecule has 0 radical (unpaired) electrons. The highest BCUT2D eigenvalue weighted by atomic mass is 35.5. The summed E-state index contributed by atoms with van der Waals surface area (Å²) in [5.41, 5.74) is 1.59. The van der Waals surface area contributed by atoms with Crippen molar-refractivity contribution < 1.29 is 4.79 Å². The number of nitrogens with one attached hydrogen (secondary N) is 1. The van der Waals surface area contributed by atoms with Crippen LogP contribution in [0.15, 0.2) is 18.2 Å². The monoisotopic (exact) mass is 278 g/mol. The van der Waals surface area contributed by atoms with Gasteiger partial charge in [-0.25, -0.2) is 0 Å². The number of anilines is 2. The Bertz CT molecular complexity index is 509. The fourth-order valence-electron chi connectivity index (χ4n) is 3.53. The number of amides is 1. The van der Waals surface area contributed by atoms with Gasteiger partial charge in [-0.15, -0.1) is 0 Å². The number of hydrogen-bond acceptors (Lipinski definition) is 2. The average molecular weight is 279 g/mol. The van der Waals surface area contributed by atoms with E-state index >= 15 is 0 Å². The molecule has 1 aliphatic heterocycles. The summed E-state index contributed by atoms with van der Waals surface area (Å²) < 4.78 is 0. The standard InChI is InChI=1S/C15H19ClN2O/c1-2-18-13-10-11(16)6-7-12(13)17-14(19)15(18)8-4-3-5-9-15/h6-7,10H,2-5,8-9H2,1H3,(H,17,19). The predicted octanol–water partition coefficient (Wildman–Crippen LogP) is 3.82. The first kappa shape index (κ1) is 12.8. The Hall–Kier alpha value is -1.22. The summed E-state index contributed by atoms with van der Waals surface area (Å²) in [7, 11) is 0. The summed E-state index contributed by atoms with van der Waals surface area (Å²) in [6.45, 7) is 2.94. The number of benzene rings is 1. The molecule has 0 unspecified atom stereocenters. The Morgan fingerprint density at radius 2 is 2.05 bits per heavy atom. The molecule has 1 aromatic rings. The van der Waals surface area contributed by atoms with Crippen molar-refractivity contribution in [3.8, 4) is 0 Å². The van der Waals surface area contributed by atoms with Crippen LogP contribution in [0.1, 0.15) is 39.0 Å². The zero-order chi connectivity index (χ0) is 13.5. The van der Waals surface area contributed by atoms with E-state index in [2.05, 4.69) is 17.1 Å². The molecule has 1 aliphatic carbocycles. The first-order chi connectivity index (χ1) is 9.17. The van der Waals surface area contributed by atoms with Gasteiger partial charge in [-0.2, -0.15) is 0 Å². The second kappa shape index (κ2) is 4.71. The van der Waals surface area contributed by atoms with Crippen molar-refractivity contribution in [3.05, 3.63) is 23.2 Å². The molecule has 0 atom stereocenters. The number of hydrogen-bond donors (Lipinski definition) is 1. The fourth-order valence-corrected chi connectivity index (χ4v) is 3.70. The normalized spacial score (nSPS) is 21.2. The van der Waals surface area contributed by atoms with Crippen molar-refractivity contribution in [2.24, 2.45) is 0 Å². The van der Waals surface area contributed by atoms with Gasteiger partial charge in [0.2, 0.25) is 5.91 Å². The van der Waals surface area contributed by atoms with Crippen molar-refractivity contribution in [1.82, 2.24) is 0 Å². The van der Waals surface area contributed by atoms with Crippen molar-refractivity contribution >= 4 is 28.9 Å². The van der Waals surface area contributed by atoms with E-state index in [-0.39, 0.29) is 11.4 Å². The molecule has 1 N–H and O–H groups in total. The van der Waals surface area contributed by atoms with Crippen molar-refractivity contribution in [2.75, 3.05) is 16.8 Å². The number of carbonyl (C=O) groups is 1. The Kier molecular flexibility index (Phi) is 3.17. The summed E-state index contributed by atoms with van der Waals surface area (Å²) in [6.07, 6.45) is 5.37. The summed E-state index contributed by atoms with van der Waals surface area (Å²) in [5, 5.41) is 3.79. The highest BCUT2D eigenvalue weighted by Crippen LogP contribution is 2.44. The second-order valence-electron chi connectivity index (χ2n) is 5.45. The maximum absolute atomic E-state index is 12.6. The summed E-state index contributed by atoms with van der Waals surface area (Å²) in [4.78, 5) is 14.9. The van der Waals surface area contributed by atoms with Crippen LogP contribution in [-0.4, -0.2) is 18.0 Å². The van der Waals surface area contributed by atoms with E-state index in [0.29, 0.717) is 0 Å². The largest absolute Gasteiger partial charge is 0.356 e. The molecule has 102 valence electrons. The SMILES string of the molecule is CCN1c2cc(Cl)ccc2NC(=O)C12CCCCC2. The maximum atomic E-state index is 12.6. The molecule has 1 saturated carbocycles. The van der Waals surface area contributed by atoms with E-state index in [0.717, 1.165) is 48.6 Å². The molecule has 2 aliphatic rings. The second-order valence-corrected chi connectivity index (χ2v) is 5.89. The molecule has 1 aromatic carbocycles. The lowest BCUT2D eigenvalue weighted by Crippen LogP contribution is -2.60. The molecule has 3 rings (SSSR count). The van der Waals surface area contributed by atoms with Crippen LogP contribution in [0.3, 0.4) is 0 Å². The molecule has 0 saturated heterocycles. The molecule has 0 aromatic heterocycles. The van der Waals surface area contributed by atoms with Crippen molar-refractivity contribution in [1.29, 1.82) is 0 Å². The third-order valence-corrected chi connectivity index (χ3v) is 4.67. The molecule has 1 heterocycles. The highest BCUT2D eigenvalue weighted by Gasteiger charge is 2.47. The van der Waals surface area contributed by atoms with Gasteiger partial charge in [-0.05, 0) is 38.0 Å². The summed E-state index contributed by atoms with van der Waals surface area (Å²) >= 11 is 6.12. The number of carbonyl (C=O) groups excluding carboxylic acids is 1. The average Bonchev–Trinajstić information content (AvgIpc) is 2.42. The van der Waals surface area contributed by atoms with Gasteiger partial charge in [-0.3, -0.25) is 4.79 Å². The summed E-state index contributed by atoms with van der Waals surface area (Å²) in [6, 6.07) is 5.69. The molecular formula is C15H19ClN2O. The predicted molar refractivity (Wildman–Crippen MR) is 78.9 cm³/mol. The number of likely N-dealkylation sites (N-methyl/N-ethyl adjacent to an activating group) is 1. The highest BCUT2D eigenvalue weighted by molar-refractivity contribution is 6.31. The van der Waals surface area contributed by atoms with Crippen LogP contribution in [-0.2, 0) is 4.79 Å². The molecule has 1 amide bonds. The molecule has 19 heavy (non-hydrogen) atoms. The first-order valence-electron chi connectivity index (χ1n) is 7.06. The molecule has 4 heteroatoms. The van der Waals surface area contributed by atoms with Gasteiger partial charge in [0, 0.05) is 11.6 Å². The Labute approximate surface area is 118 Å². The van der Waals surface area contributed by atoms with Gasteiger partial charge < -0.3 is 10.2 Å². The van der Waals surface area contributed by atoms with E-state index in [1.54, 1.807) is 0 Å². The van der Waals surface area contributed by atoms with Crippen LogP contribution >= 0.6 is 11.6 Å². The molecule has 0 bridgehead atoms. The van der Waals surface area contributed by atoms with E-state index in [4.69, 9.17) is 11.6 Å². The van der Waals surface area contributed by atoms with E-state index in [1.807, 2.05) is 18.2 Å². The lowest BCUT2D eigenvalue weighted by Gasteiger charge is -2.49. The van der Waals surface area contributed by atoms with Gasteiger partial charge in [0.1, 0.15) is 5.54 Å². The Morgan fingerprint density at radius 1 is 1.32 bits per heavy atom. The van der Waals surface area contributed by atoms with Gasteiger partial charge in [0.25, 0.3) is 0 Å². The molecular weight excluding hydrogens is 260 g/mol. The quantitative estimate of drug-likeness (QED) is 0.847. The Morgan fingerprint density at radius 3 is 2.74 bits per heavy atom. The number of rotatable bonds is 1. The molecule has 1 fully saturated rings. The van der Waals surface area contributed by atoms with Gasteiger partial charge in [-0.1, -0.05) is 30.9 Å². The minimum Gasteiger partial charge on any atom is -0.356 e. The van der Waals surface area contributed by atoms with Crippen LogP contribution in [0.4, 0.5) is 11.4 Å². The Balaban J connectivity index is 2.10. The minimum absolute atomic E-state index is 0.156. The van der Waals surface area contributed by atoms with Crippen LogP contribution < -0.4 is 10.2 Å². The summed E-state index contributed by atoms with van der Waals surface area (Å²) in [5.74, 6) is 0.156. The third-order valence-electron chi connectivity index (χ3n) is 4.44. The van der Waals surface area contributed by atoms with E-state index in [9.17, 15) is 4.79 Å². The zero-order valence-corrected chi connectivity index (χ0v) is 12.0. The van der Waals surface area contributed by atoms with Crippen LogP contribution in [0.2, 0.25) is 5.02 Å². The van der Waals surface area contributed by atoms with Gasteiger partial charge in [0.05, 0.1) is 11.4 Å². The van der Waals surface area contributed by atoms with E-state index in [1.165, 1.54) is 6.42 Å². The first-order valence-corrected chi connectivity index (χ1v) is 7.44. The number of halogens is 1. The van der Waals surface area contributed by atoms with Gasteiger partial charge in [0.15, 0.2) is 0 Å². The van der Waals surface area contributed by atoms with Crippen molar-refractivity contribution in [2.45, 2.75) is 44.6 Å². The zero-order valence-electron chi connectivity index (χ0n) is 11.2. The van der Waals surface area contributed by atoms with Gasteiger partial charge >= 0.3 is 0 Å². The van der Waals surface area contributed by atoms with Crippen LogP contribution in [0.25, 0.3) is 0 Å². The third kappa shape index (κ3) is 1.91. The van der Waals surface area contributed by atoms with E-state index < -0.39 is 0 Å². The number of nitrogens with zero attached hydrogens (tertiary/aromatic N) is 1. The lowest BCUT2D eigenvalue weighted by molar-refractivity contribution is -0.122. The number of fused-ring (bicyclic) bond motifs is 1. The fraction of sp³-hybridized carbons (Fsp3) is 0.533. The maximum Gasteiger partial charge on any atom is 0.250 e. The lowest BCUT2D eigenvalue weighted by atomic mass is 9.77. The van der Waals surface area contributed by atoms with Crippen LogP contribution in [0.5, 0.6) is 0 Å². The smallest absolute Gasteiger partial charge is 0.250 e. The van der Waals surface area contributed by atoms with Crippen molar-refractivity contribution in [3.63, 3.8) is 0 Å². The van der Waals surface area contributed by atoms with Crippen LogP contribution in [0, 0.1) is 0 Å². The molecule has 3 nitrogen and oxygen atoms in total.